The summed E-state index contributed by atoms with van der Waals surface area (Å²) < 4.78 is 0. The second-order valence-corrected chi connectivity index (χ2v) is 5.77. The van der Waals surface area contributed by atoms with Crippen LogP contribution in [-0.4, -0.2) is 0 Å². The van der Waals surface area contributed by atoms with E-state index in [2.05, 4.69) is 61.8 Å². The molecule has 0 amide bonds. The van der Waals surface area contributed by atoms with Crippen LogP contribution in [0.1, 0.15) is 41.0 Å². The van der Waals surface area contributed by atoms with Gasteiger partial charge in [-0.15, -0.1) is 11.3 Å². The molecule has 1 N–H and O–H groups in total. The fraction of sp³-hybridized carbons (Fsp3) is 0.375. The fourth-order valence-corrected chi connectivity index (χ4v) is 3.05. The molecule has 1 nitrogen and oxygen atoms in total. The van der Waals surface area contributed by atoms with Gasteiger partial charge in [-0.05, 0) is 42.8 Å². The van der Waals surface area contributed by atoms with Gasteiger partial charge in [0, 0.05) is 17.5 Å². The summed E-state index contributed by atoms with van der Waals surface area (Å²) in [6.07, 6.45) is 1.13. The van der Waals surface area contributed by atoms with Crippen molar-refractivity contribution >= 4 is 11.3 Å². The summed E-state index contributed by atoms with van der Waals surface area (Å²) in [6, 6.07) is 11.5. The number of thiophene rings is 1. The monoisotopic (exact) mass is 259 g/mol. The average Bonchev–Trinajstić information content (AvgIpc) is 2.88. The molecule has 2 heteroatoms. The van der Waals surface area contributed by atoms with E-state index in [9.17, 15) is 0 Å². The van der Waals surface area contributed by atoms with Gasteiger partial charge in [-0.1, -0.05) is 36.8 Å². The van der Waals surface area contributed by atoms with E-state index in [4.69, 9.17) is 0 Å². The predicted molar refractivity (Wildman–Crippen MR) is 80.1 cm³/mol. The minimum absolute atomic E-state index is 0.477. The molecule has 0 aliphatic rings. The first kappa shape index (κ1) is 13.3. The highest BCUT2D eigenvalue weighted by Crippen LogP contribution is 2.22. The lowest BCUT2D eigenvalue weighted by Crippen LogP contribution is -2.19. The van der Waals surface area contributed by atoms with Crippen molar-refractivity contribution in [3.8, 4) is 0 Å². The molecule has 2 rings (SSSR count). The zero-order valence-electron chi connectivity index (χ0n) is 11.4. The Kier molecular flexibility index (Phi) is 4.56. The Balaban J connectivity index is 2.04. The summed E-state index contributed by atoms with van der Waals surface area (Å²) in [4.78, 5) is 1.43. The lowest BCUT2D eigenvalue weighted by atomic mass is 10.0. The minimum atomic E-state index is 0.477. The Morgan fingerprint density at radius 2 is 2.06 bits per heavy atom. The zero-order chi connectivity index (χ0) is 13.0. The van der Waals surface area contributed by atoms with Crippen molar-refractivity contribution in [3.05, 3.63) is 57.3 Å². The van der Waals surface area contributed by atoms with Gasteiger partial charge in [-0.25, -0.2) is 0 Å². The Hall–Kier alpha value is -1.12. The summed E-state index contributed by atoms with van der Waals surface area (Å²) in [5.41, 5.74) is 4.11. The van der Waals surface area contributed by atoms with E-state index in [0.29, 0.717) is 6.04 Å². The summed E-state index contributed by atoms with van der Waals surface area (Å²) in [5.74, 6) is 0. The van der Waals surface area contributed by atoms with Gasteiger partial charge < -0.3 is 5.32 Å². The van der Waals surface area contributed by atoms with E-state index in [1.807, 2.05) is 11.3 Å². The minimum Gasteiger partial charge on any atom is -0.305 e. The molecular formula is C16H21NS. The lowest BCUT2D eigenvalue weighted by Gasteiger charge is -2.16. The van der Waals surface area contributed by atoms with E-state index in [1.165, 1.54) is 21.6 Å². The van der Waals surface area contributed by atoms with E-state index >= 15 is 0 Å². The molecule has 0 bridgehead atoms. The third-order valence-electron chi connectivity index (χ3n) is 3.34. The first-order chi connectivity index (χ1) is 8.70. The van der Waals surface area contributed by atoms with Gasteiger partial charge in [0.15, 0.2) is 0 Å². The van der Waals surface area contributed by atoms with Gasteiger partial charge in [-0.3, -0.25) is 0 Å². The van der Waals surface area contributed by atoms with Crippen molar-refractivity contribution in [2.24, 2.45) is 0 Å². The molecule has 0 radical (unpaired) electrons. The Bertz CT molecular complexity index is 488. The molecule has 0 spiro atoms. The highest BCUT2D eigenvalue weighted by molar-refractivity contribution is 7.10. The van der Waals surface area contributed by atoms with Gasteiger partial charge in [0.2, 0.25) is 0 Å². The van der Waals surface area contributed by atoms with Crippen LogP contribution in [0.2, 0.25) is 0 Å². The maximum atomic E-state index is 3.67. The quantitative estimate of drug-likeness (QED) is 0.827. The maximum absolute atomic E-state index is 3.67. The van der Waals surface area contributed by atoms with Crippen molar-refractivity contribution in [1.29, 1.82) is 0 Å². The smallest absolute Gasteiger partial charge is 0.0414 e. The molecule has 0 aliphatic heterocycles. The molecule has 0 saturated carbocycles. The molecule has 2 aromatic rings. The molecule has 96 valence electrons. The van der Waals surface area contributed by atoms with Crippen molar-refractivity contribution in [2.75, 3.05) is 0 Å². The van der Waals surface area contributed by atoms with Crippen molar-refractivity contribution < 1.29 is 0 Å². The molecule has 0 saturated heterocycles. The lowest BCUT2D eigenvalue weighted by molar-refractivity contribution is 0.525. The standard InChI is InChI=1S/C16H21NS/c1-4-15(16-6-5-9-18-16)17-11-14-10-12(2)7-8-13(14)3/h5-10,15,17H,4,11H2,1-3H3. The van der Waals surface area contributed by atoms with Crippen molar-refractivity contribution in [2.45, 2.75) is 39.8 Å². The first-order valence-corrected chi connectivity index (χ1v) is 7.41. The number of nitrogens with one attached hydrogen (secondary N) is 1. The maximum Gasteiger partial charge on any atom is 0.0414 e. The molecule has 1 heterocycles. The van der Waals surface area contributed by atoms with Crippen molar-refractivity contribution in [1.82, 2.24) is 5.32 Å². The zero-order valence-corrected chi connectivity index (χ0v) is 12.2. The van der Waals surface area contributed by atoms with Crippen LogP contribution in [0.3, 0.4) is 0 Å². The average molecular weight is 259 g/mol. The Labute approximate surface area is 114 Å². The van der Waals surface area contributed by atoms with Gasteiger partial charge in [0.25, 0.3) is 0 Å². The Morgan fingerprint density at radius 3 is 2.72 bits per heavy atom. The molecule has 0 aliphatic carbocycles. The van der Waals surface area contributed by atoms with Crippen LogP contribution >= 0.6 is 11.3 Å². The second-order valence-electron chi connectivity index (χ2n) is 4.79. The van der Waals surface area contributed by atoms with Crippen LogP contribution in [0.4, 0.5) is 0 Å². The summed E-state index contributed by atoms with van der Waals surface area (Å²) in [7, 11) is 0. The molecule has 1 atom stereocenters. The highest BCUT2D eigenvalue weighted by Gasteiger charge is 2.10. The second kappa shape index (κ2) is 6.17. The summed E-state index contributed by atoms with van der Waals surface area (Å²) >= 11 is 1.84. The van der Waals surface area contributed by atoms with Crippen LogP contribution in [0, 0.1) is 13.8 Å². The molecule has 1 aromatic carbocycles. The molecule has 0 fully saturated rings. The van der Waals surface area contributed by atoms with Crippen LogP contribution in [0.25, 0.3) is 0 Å². The Morgan fingerprint density at radius 1 is 1.22 bits per heavy atom. The predicted octanol–water partition coefficient (Wildman–Crippen LogP) is 4.61. The first-order valence-electron chi connectivity index (χ1n) is 6.53. The SMILES string of the molecule is CCC(NCc1cc(C)ccc1C)c1cccs1. The molecular weight excluding hydrogens is 238 g/mol. The van der Waals surface area contributed by atoms with E-state index in [1.54, 1.807) is 0 Å². The van der Waals surface area contributed by atoms with Crippen LogP contribution in [-0.2, 0) is 6.54 Å². The largest absolute Gasteiger partial charge is 0.305 e. The van der Waals surface area contributed by atoms with E-state index in [0.717, 1.165) is 13.0 Å². The van der Waals surface area contributed by atoms with Gasteiger partial charge >= 0.3 is 0 Å². The van der Waals surface area contributed by atoms with Gasteiger partial charge in [0.1, 0.15) is 0 Å². The van der Waals surface area contributed by atoms with Gasteiger partial charge in [0.05, 0.1) is 0 Å². The normalized spacial score (nSPS) is 12.6. The fourth-order valence-electron chi connectivity index (χ4n) is 2.16. The van der Waals surface area contributed by atoms with E-state index in [-0.39, 0.29) is 0 Å². The molecule has 18 heavy (non-hydrogen) atoms. The third-order valence-corrected chi connectivity index (χ3v) is 4.32. The highest BCUT2D eigenvalue weighted by atomic mass is 32.1. The van der Waals surface area contributed by atoms with Crippen LogP contribution < -0.4 is 5.32 Å². The number of benzene rings is 1. The van der Waals surface area contributed by atoms with Crippen LogP contribution in [0.15, 0.2) is 35.7 Å². The number of hydrogen-bond acceptors (Lipinski definition) is 2. The van der Waals surface area contributed by atoms with E-state index < -0.39 is 0 Å². The molecule has 1 unspecified atom stereocenters. The number of hydrogen-bond donors (Lipinski definition) is 1. The molecule has 1 aromatic heterocycles. The van der Waals surface area contributed by atoms with Crippen molar-refractivity contribution in [3.63, 3.8) is 0 Å². The summed E-state index contributed by atoms with van der Waals surface area (Å²) in [6.45, 7) is 7.52. The third kappa shape index (κ3) is 3.21. The summed E-state index contributed by atoms with van der Waals surface area (Å²) in [5, 5.41) is 5.82. The number of aryl methyl sites for hydroxylation is 2. The van der Waals surface area contributed by atoms with Gasteiger partial charge in [-0.2, -0.15) is 0 Å². The number of rotatable bonds is 5. The topological polar surface area (TPSA) is 12.0 Å². The van der Waals surface area contributed by atoms with Crippen LogP contribution in [0.5, 0.6) is 0 Å².